The van der Waals surface area contributed by atoms with Gasteiger partial charge in [0.2, 0.25) is 0 Å². The fraction of sp³-hybridized carbons (Fsp3) is 0.278. The molecule has 1 heterocycles. The molecule has 2 rings (SSSR count). The molecule has 1 aromatic carbocycles. The van der Waals surface area contributed by atoms with E-state index in [0.29, 0.717) is 5.56 Å². The van der Waals surface area contributed by atoms with Gasteiger partial charge in [-0.25, -0.2) is 4.79 Å². The highest BCUT2D eigenvalue weighted by Crippen LogP contribution is 2.33. The fourth-order valence-electron chi connectivity index (χ4n) is 2.36. The second kappa shape index (κ2) is 9.64. The Bertz CT molecular complexity index is 938. The van der Waals surface area contributed by atoms with E-state index < -0.39 is 23.4 Å². The molecule has 0 aliphatic carbocycles. The Kier molecular flexibility index (Phi) is 7.26. The number of non-ortho nitro benzene ring substituents is 1. The van der Waals surface area contributed by atoms with Crippen molar-refractivity contribution in [3.8, 4) is 5.75 Å². The minimum atomic E-state index is -0.650. The maximum atomic E-state index is 12.3. The number of hydrogen-bond acceptors (Lipinski definition) is 8. The number of nitrogens with zero attached hydrogens (tertiary/aromatic N) is 1. The van der Waals surface area contributed by atoms with Crippen LogP contribution in [0.15, 0.2) is 24.3 Å². The van der Waals surface area contributed by atoms with Crippen molar-refractivity contribution in [2.45, 2.75) is 13.8 Å². The van der Waals surface area contributed by atoms with Crippen LogP contribution in [0.4, 0.5) is 10.7 Å². The number of esters is 1. The third kappa shape index (κ3) is 5.29. The van der Waals surface area contributed by atoms with Gasteiger partial charge in [-0.05, 0) is 31.5 Å². The van der Waals surface area contributed by atoms with Gasteiger partial charge < -0.3 is 20.1 Å². The van der Waals surface area contributed by atoms with Gasteiger partial charge in [-0.15, -0.1) is 11.3 Å². The summed E-state index contributed by atoms with van der Waals surface area (Å²) in [7, 11) is 1.46. The SMILES string of the molecule is CCOC(=O)c1c(NC(=O)COc2ccc([N+](=O)[O-])cc2)sc(C(=O)NC)c1C. The van der Waals surface area contributed by atoms with Gasteiger partial charge in [0, 0.05) is 19.2 Å². The van der Waals surface area contributed by atoms with Gasteiger partial charge in [-0.1, -0.05) is 0 Å². The second-order valence-electron chi connectivity index (χ2n) is 5.65. The quantitative estimate of drug-likeness (QED) is 0.379. The van der Waals surface area contributed by atoms with E-state index in [0.717, 1.165) is 11.3 Å². The molecule has 2 aromatic rings. The van der Waals surface area contributed by atoms with Crippen molar-refractivity contribution in [1.82, 2.24) is 5.32 Å². The van der Waals surface area contributed by atoms with Crippen molar-refractivity contribution < 1.29 is 28.8 Å². The average Bonchev–Trinajstić information content (AvgIpc) is 3.02. The molecule has 1 aromatic heterocycles. The summed E-state index contributed by atoms with van der Waals surface area (Å²) in [5.41, 5.74) is 0.412. The van der Waals surface area contributed by atoms with E-state index in [9.17, 15) is 24.5 Å². The molecule has 0 atom stereocenters. The molecule has 0 aliphatic rings. The highest BCUT2D eigenvalue weighted by Gasteiger charge is 2.26. The van der Waals surface area contributed by atoms with Crippen LogP contribution in [-0.2, 0) is 9.53 Å². The highest BCUT2D eigenvalue weighted by atomic mass is 32.1. The molecule has 0 saturated carbocycles. The van der Waals surface area contributed by atoms with Gasteiger partial charge in [-0.3, -0.25) is 19.7 Å². The second-order valence-corrected chi connectivity index (χ2v) is 6.67. The van der Waals surface area contributed by atoms with E-state index in [1.54, 1.807) is 13.8 Å². The molecule has 29 heavy (non-hydrogen) atoms. The number of nitrogens with one attached hydrogen (secondary N) is 2. The third-order valence-corrected chi connectivity index (χ3v) is 4.94. The van der Waals surface area contributed by atoms with Gasteiger partial charge in [0.15, 0.2) is 6.61 Å². The lowest BCUT2D eigenvalue weighted by Gasteiger charge is -2.08. The summed E-state index contributed by atoms with van der Waals surface area (Å²) < 4.78 is 10.3. The van der Waals surface area contributed by atoms with Crippen LogP contribution in [-0.4, -0.2) is 43.0 Å². The first-order chi connectivity index (χ1) is 13.8. The minimum absolute atomic E-state index is 0.100. The predicted octanol–water partition coefficient (Wildman–Crippen LogP) is 2.52. The van der Waals surface area contributed by atoms with Crippen molar-refractivity contribution in [2.75, 3.05) is 25.6 Å². The number of carbonyl (C=O) groups excluding carboxylic acids is 3. The van der Waals surface area contributed by atoms with Crippen LogP contribution < -0.4 is 15.4 Å². The van der Waals surface area contributed by atoms with Crippen LogP contribution in [0, 0.1) is 17.0 Å². The Morgan fingerprint density at radius 1 is 1.21 bits per heavy atom. The molecule has 2 N–H and O–H groups in total. The standard InChI is InChI=1S/C18H19N3O7S/c1-4-27-18(24)14-10(2)15(16(23)19-3)29-17(14)20-13(22)9-28-12-7-5-11(6-8-12)21(25)26/h5-8H,4,9H2,1-3H3,(H,19,23)(H,20,22). The van der Waals surface area contributed by atoms with E-state index in [-0.39, 0.29) is 39.4 Å². The average molecular weight is 421 g/mol. The van der Waals surface area contributed by atoms with E-state index in [1.165, 1.54) is 31.3 Å². The predicted molar refractivity (Wildman–Crippen MR) is 106 cm³/mol. The van der Waals surface area contributed by atoms with Crippen LogP contribution in [0.1, 0.15) is 32.5 Å². The first-order valence-corrected chi connectivity index (χ1v) is 9.29. The number of nitro benzene ring substituents is 1. The zero-order valence-electron chi connectivity index (χ0n) is 15.9. The molecular formula is C18H19N3O7S. The van der Waals surface area contributed by atoms with Crippen LogP contribution in [0.2, 0.25) is 0 Å². The van der Waals surface area contributed by atoms with E-state index in [2.05, 4.69) is 10.6 Å². The molecule has 0 radical (unpaired) electrons. The number of carbonyl (C=O) groups is 3. The lowest BCUT2D eigenvalue weighted by Crippen LogP contribution is -2.21. The van der Waals surface area contributed by atoms with Crippen LogP contribution in [0.3, 0.4) is 0 Å². The van der Waals surface area contributed by atoms with Crippen molar-refractivity contribution in [2.24, 2.45) is 0 Å². The smallest absolute Gasteiger partial charge is 0.341 e. The van der Waals surface area contributed by atoms with Crippen molar-refractivity contribution in [1.29, 1.82) is 0 Å². The van der Waals surface area contributed by atoms with E-state index >= 15 is 0 Å². The fourth-order valence-corrected chi connectivity index (χ4v) is 3.51. The molecule has 154 valence electrons. The number of nitro groups is 1. The Morgan fingerprint density at radius 3 is 2.41 bits per heavy atom. The Labute approximate surface area is 170 Å². The van der Waals surface area contributed by atoms with Crippen LogP contribution >= 0.6 is 11.3 Å². The van der Waals surface area contributed by atoms with Crippen molar-refractivity contribution in [3.63, 3.8) is 0 Å². The minimum Gasteiger partial charge on any atom is -0.484 e. The summed E-state index contributed by atoms with van der Waals surface area (Å²) in [6.07, 6.45) is 0. The summed E-state index contributed by atoms with van der Waals surface area (Å²) >= 11 is 0.953. The van der Waals surface area contributed by atoms with Gasteiger partial charge in [0.1, 0.15) is 10.8 Å². The maximum Gasteiger partial charge on any atom is 0.341 e. The molecule has 2 amide bonds. The summed E-state index contributed by atoms with van der Waals surface area (Å²) in [6.45, 7) is 2.98. The number of amides is 2. The number of ether oxygens (including phenoxy) is 2. The first-order valence-electron chi connectivity index (χ1n) is 8.48. The zero-order chi connectivity index (χ0) is 21.6. The lowest BCUT2D eigenvalue weighted by atomic mass is 10.1. The number of hydrogen-bond donors (Lipinski definition) is 2. The van der Waals surface area contributed by atoms with Gasteiger partial charge in [0.25, 0.3) is 17.5 Å². The summed E-state index contributed by atoms with van der Waals surface area (Å²) in [6, 6.07) is 5.25. The Hall–Kier alpha value is -3.47. The summed E-state index contributed by atoms with van der Waals surface area (Å²) in [5, 5.41) is 15.9. The molecule has 0 saturated heterocycles. The van der Waals surface area contributed by atoms with E-state index in [4.69, 9.17) is 9.47 Å². The van der Waals surface area contributed by atoms with Gasteiger partial charge >= 0.3 is 5.97 Å². The molecule has 0 unspecified atom stereocenters. The molecule has 0 spiro atoms. The molecular weight excluding hydrogens is 402 g/mol. The number of anilines is 1. The Morgan fingerprint density at radius 2 is 1.86 bits per heavy atom. The number of rotatable bonds is 8. The first kappa shape index (κ1) is 21.8. The summed E-state index contributed by atoms with van der Waals surface area (Å²) in [4.78, 5) is 46.9. The number of benzene rings is 1. The Balaban J connectivity index is 2.14. The summed E-state index contributed by atoms with van der Waals surface area (Å²) in [5.74, 6) is -1.34. The normalized spacial score (nSPS) is 10.2. The molecule has 0 fully saturated rings. The van der Waals surface area contributed by atoms with E-state index in [1.807, 2.05) is 0 Å². The van der Waals surface area contributed by atoms with Crippen LogP contribution in [0.25, 0.3) is 0 Å². The maximum absolute atomic E-state index is 12.3. The largest absolute Gasteiger partial charge is 0.484 e. The number of thiophene rings is 1. The third-order valence-electron chi connectivity index (χ3n) is 3.73. The highest BCUT2D eigenvalue weighted by molar-refractivity contribution is 7.18. The monoisotopic (exact) mass is 421 g/mol. The molecule has 0 aliphatic heterocycles. The lowest BCUT2D eigenvalue weighted by molar-refractivity contribution is -0.384. The van der Waals surface area contributed by atoms with Gasteiger partial charge in [-0.2, -0.15) is 0 Å². The zero-order valence-corrected chi connectivity index (χ0v) is 16.8. The van der Waals surface area contributed by atoms with Gasteiger partial charge in [0.05, 0.1) is 22.0 Å². The molecule has 11 heteroatoms. The van der Waals surface area contributed by atoms with Crippen molar-refractivity contribution in [3.05, 3.63) is 50.4 Å². The molecule has 10 nitrogen and oxygen atoms in total. The van der Waals surface area contributed by atoms with Crippen LogP contribution in [0.5, 0.6) is 5.75 Å². The van der Waals surface area contributed by atoms with Crippen molar-refractivity contribution >= 4 is 39.8 Å². The molecule has 0 bridgehead atoms. The topological polar surface area (TPSA) is 137 Å².